The molecule has 0 aliphatic carbocycles. The summed E-state index contributed by atoms with van der Waals surface area (Å²) in [6, 6.07) is 65.8. The molecule has 0 radical (unpaired) electrons. The van der Waals surface area contributed by atoms with E-state index >= 15 is 0 Å². The quantitative estimate of drug-likeness (QED) is 0.141. The molecule has 3 heterocycles. The number of nitrogens with zero attached hydrogens (tertiary/aromatic N) is 3. The van der Waals surface area contributed by atoms with Crippen molar-refractivity contribution in [1.29, 1.82) is 0 Å². The van der Waals surface area contributed by atoms with Crippen LogP contribution in [-0.2, 0) is 59.6 Å². The van der Waals surface area contributed by atoms with Crippen LogP contribution in [0.15, 0.2) is 224 Å². The number of benzene rings is 12. The molecule has 0 spiro atoms. The minimum atomic E-state index is -0.539. The smallest absolute Gasteiger partial charge is 0.252 e. The average Bonchev–Trinajstić information content (AvgIpc) is 0.883. The molecule has 0 bridgehead atoms. The number of rotatable bonds is 8. The van der Waals surface area contributed by atoms with Gasteiger partial charge in [0.05, 0.1) is 33.4 Å². The van der Waals surface area contributed by atoms with Crippen molar-refractivity contribution in [3.63, 3.8) is 0 Å². The van der Waals surface area contributed by atoms with Crippen molar-refractivity contribution in [2.45, 2.75) is 288 Å². The van der Waals surface area contributed by atoms with Crippen LogP contribution >= 0.6 is 0 Å². The van der Waals surface area contributed by atoms with Crippen LogP contribution in [0.1, 0.15) is 301 Å². The minimum absolute atomic E-state index is 0.0193. The molecule has 2 aliphatic rings. The van der Waals surface area contributed by atoms with E-state index in [1.165, 1.54) is 50.1 Å². The van der Waals surface area contributed by atoms with E-state index in [0.29, 0.717) is 5.69 Å². The average molecular weight is 1590 g/mol. The molecule has 618 valence electrons. The fraction of sp³-hybridized carbons (Fsp3) is 0.379. The Hall–Kier alpha value is -9.90. The molecule has 0 amide bonds. The molecule has 0 unspecified atom stereocenters. The van der Waals surface area contributed by atoms with Crippen LogP contribution in [-0.4, -0.2) is 11.3 Å². The standard InChI is InChI=1S/C116H136BN3/c1-106(2,3)75-49-46-71(47-50-75)88-64-81(112(19,20)21)67-92(90-63-76(107(4,5)6)51-53-94(90)116(31,32)33)104(88)119-99-60-72(73-56-77(108(7,8)9)61-78(57-73)109(10,11)12)48-54-95(99)117-96-55-52-84(118-97-44-38-35-41-86(97)87-42-36-39-45-98(87)118)70-100(96)120(102-69-83(114(25,26)27)68-101(119)103(102)117)105-89(74-58-79(110(13,14)15)62-80(59-74)111(16,17)18)65-82(113(22,23)24)66-91(105)85-40-34-37-43-93(85)115(28,29)30/h34-70H,1-33H3/i35D,36D,38D,39D,41D,42D,44D,45D. The molecule has 12 aromatic carbocycles. The summed E-state index contributed by atoms with van der Waals surface area (Å²) in [6.45, 7) is 76.3. The molecule has 3 nitrogen and oxygen atoms in total. The lowest BCUT2D eigenvalue weighted by Gasteiger charge is -2.47. The van der Waals surface area contributed by atoms with Crippen molar-refractivity contribution in [3.8, 4) is 61.3 Å². The van der Waals surface area contributed by atoms with E-state index in [9.17, 15) is 11.0 Å². The van der Waals surface area contributed by atoms with E-state index in [0.717, 1.165) is 117 Å². The van der Waals surface area contributed by atoms with Crippen molar-refractivity contribution in [1.82, 2.24) is 4.57 Å². The number of hydrogen-bond acceptors (Lipinski definition) is 2. The fourth-order valence-electron chi connectivity index (χ4n) is 18.1. The highest BCUT2D eigenvalue weighted by Gasteiger charge is 2.48. The van der Waals surface area contributed by atoms with Crippen LogP contribution in [0.5, 0.6) is 0 Å². The molecular formula is C116H136BN3. The van der Waals surface area contributed by atoms with E-state index < -0.39 is 41.7 Å². The van der Waals surface area contributed by atoms with Gasteiger partial charge in [-0.1, -0.05) is 386 Å². The number of anilines is 6. The molecule has 2 aliphatic heterocycles. The van der Waals surface area contributed by atoms with E-state index in [1.807, 2.05) is 6.07 Å². The van der Waals surface area contributed by atoms with Crippen LogP contribution in [0.3, 0.4) is 0 Å². The van der Waals surface area contributed by atoms with Gasteiger partial charge in [0.1, 0.15) is 0 Å². The van der Waals surface area contributed by atoms with Crippen LogP contribution in [0, 0.1) is 0 Å². The Morgan fingerprint density at radius 3 is 1.04 bits per heavy atom. The van der Waals surface area contributed by atoms with E-state index in [4.69, 9.17) is 0 Å². The normalized spacial score (nSPS) is 14.9. The molecule has 120 heavy (non-hydrogen) atoms. The number of hydrogen-bond donors (Lipinski definition) is 0. The zero-order valence-corrected chi connectivity index (χ0v) is 78.7. The third-order valence-electron chi connectivity index (χ3n) is 25.7. The summed E-state index contributed by atoms with van der Waals surface area (Å²) in [6.07, 6.45) is 0. The van der Waals surface area contributed by atoms with Crippen molar-refractivity contribution >= 4 is 79.0 Å². The zero-order valence-electron chi connectivity index (χ0n) is 86.7. The number of para-hydroxylation sites is 2. The van der Waals surface area contributed by atoms with Gasteiger partial charge >= 0.3 is 0 Å². The highest BCUT2D eigenvalue weighted by Crippen LogP contribution is 2.58. The Morgan fingerprint density at radius 2 is 0.592 bits per heavy atom. The largest absolute Gasteiger partial charge is 0.310 e. The summed E-state index contributed by atoms with van der Waals surface area (Å²) in [7, 11) is 0. The van der Waals surface area contributed by atoms with Gasteiger partial charge in [-0.3, -0.25) is 0 Å². The van der Waals surface area contributed by atoms with Gasteiger partial charge in [-0.25, -0.2) is 0 Å². The van der Waals surface area contributed by atoms with Crippen molar-refractivity contribution in [2.24, 2.45) is 0 Å². The maximum Gasteiger partial charge on any atom is 0.252 e. The Balaban J connectivity index is 1.25. The van der Waals surface area contributed by atoms with Crippen LogP contribution in [0.25, 0.3) is 83.1 Å². The van der Waals surface area contributed by atoms with Crippen LogP contribution < -0.4 is 26.2 Å². The third kappa shape index (κ3) is 15.6. The van der Waals surface area contributed by atoms with Crippen molar-refractivity contribution < 1.29 is 11.0 Å². The predicted octanol–water partition coefficient (Wildman–Crippen LogP) is 31.5. The van der Waals surface area contributed by atoms with Gasteiger partial charge in [-0.2, -0.15) is 0 Å². The van der Waals surface area contributed by atoms with Crippen LogP contribution in [0.2, 0.25) is 0 Å². The fourth-order valence-corrected chi connectivity index (χ4v) is 18.1. The Kier molecular flexibility index (Phi) is 18.1. The zero-order chi connectivity index (χ0) is 94.1. The summed E-state index contributed by atoms with van der Waals surface area (Å²) in [4.78, 5) is 5.31. The second kappa shape index (κ2) is 28.9. The van der Waals surface area contributed by atoms with E-state index in [2.05, 4.69) is 408 Å². The molecule has 0 fully saturated rings. The highest BCUT2D eigenvalue weighted by atomic mass is 15.2. The Bertz CT molecular complexity index is 6590. The molecule has 4 heteroatoms. The lowest BCUT2D eigenvalue weighted by atomic mass is 9.33. The third-order valence-corrected chi connectivity index (χ3v) is 25.7. The number of fused-ring (bicyclic) bond motifs is 7. The molecule has 0 saturated heterocycles. The van der Waals surface area contributed by atoms with Crippen molar-refractivity contribution in [2.75, 3.05) is 9.80 Å². The van der Waals surface area contributed by atoms with Crippen molar-refractivity contribution in [3.05, 3.63) is 285 Å². The monoisotopic (exact) mass is 1590 g/mol. The van der Waals surface area contributed by atoms with Gasteiger partial charge in [0.15, 0.2) is 0 Å². The summed E-state index contributed by atoms with van der Waals surface area (Å²) < 4.78 is 79.3. The molecular weight excluding hydrogens is 1450 g/mol. The summed E-state index contributed by atoms with van der Waals surface area (Å²) in [5, 5.41) is 0.0386. The number of aromatic nitrogens is 1. The first kappa shape index (κ1) is 75.1. The molecule has 0 N–H and O–H groups in total. The summed E-state index contributed by atoms with van der Waals surface area (Å²) >= 11 is 0. The van der Waals surface area contributed by atoms with Gasteiger partial charge in [-0.15, -0.1) is 0 Å². The maximum absolute atomic E-state index is 10.1. The topological polar surface area (TPSA) is 11.4 Å². The summed E-state index contributed by atoms with van der Waals surface area (Å²) in [5.74, 6) is 0. The lowest BCUT2D eigenvalue weighted by molar-refractivity contribution is 0.568. The Morgan fingerprint density at radius 1 is 0.242 bits per heavy atom. The highest BCUT2D eigenvalue weighted by molar-refractivity contribution is 7.00. The van der Waals surface area contributed by atoms with Gasteiger partial charge in [-0.05, 0) is 237 Å². The Labute approximate surface area is 734 Å². The van der Waals surface area contributed by atoms with Gasteiger partial charge in [0, 0.05) is 61.5 Å². The van der Waals surface area contributed by atoms with Gasteiger partial charge < -0.3 is 14.4 Å². The first-order valence-corrected chi connectivity index (χ1v) is 43.9. The van der Waals surface area contributed by atoms with Gasteiger partial charge in [0.2, 0.25) is 0 Å². The molecule has 0 saturated carbocycles. The maximum atomic E-state index is 10.1. The molecule has 15 rings (SSSR count). The van der Waals surface area contributed by atoms with E-state index in [1.54, 1.807) is 4.57 Å². The predicted molar refractivity (Wildman–Crippen MR) is 528 cm³/mol. The first-order chi connectivity index (χ1) is 58.8. The van der Waals surface area contributed by atoms with Crippen LogP contribution in [0.4, 0.5) is 34.1 Å². The second-order valence-corrected chi connectivity index (χ2v) is 46.4. The minimum Gasteiger partial charge on any atom is -0.310 e. The second-order valence-electron chi connectivity index (χ2n) is 46.4. The lowest BCUT2D eigenvalue weighted by Crippen LogP contribution is -2.61. The SMILES string of the molecule is [2H]c1c([2H])c([2H])c2c(c1[2H])c1c([2H])c([2H])c([2H])c([2H])c1n2-c1ccc2c(c1)N(c1c(-c3cc(C(C)(C)C)cc(C(C)(C)C)c3)cc(C(C)(C)C)cc1-c1ccccc1C(C)(C)C)c1cc(C(C)(C)C)cc3c1B2c1ccc(-c2cc(C(C)(C)C)cc(C(C)(C)C)c2)cc1N3c1c(-c2ccc(C(C)(C)C)cc2)cc(C(C)(C)C)cc1-c1cc(C(C)(C)C)ccc1C(C)(C)C. The summed E-state index contributed by atoms with van der Waals surface area (Å²) in [5.41, 5.74) is 30.1. The molecule has 1 aromatic heterocycles. The molecule has 13 aromatic rings. The first-order valence-electron chi connectivity index (χ1n) is 47.9. The molecule has 0 atom stereocenters. The van der Waals surface area contributed by atoms with E-state index in [-0.39, 0.29) is 94.7 Å². The van der Waals surface area contributed by atoms with Gasteiger partial charge in [0.25, 0.3) is 6.71 Å².